The number of halogens is 1. The van der Waals surface area contributed by atoms with E-state index < -0.39 is 0 Å². The average Bonchev–Trinajstić information content (AvgIpc) is 3.14. The highest BCUT2D eigenvalue weighted by Gasteiger charge is 2.29. The summed E-state index contributed by atoms with van der Waals surface area (Å²) in [4.78, 5) is 14.6. The molecule has 1 aromatic carbocycles. The SMILES string of the molecule is NC1CCC(C(=O)NCC2CCN(c3cccc(Br)c3)C2)C1. The minimum absolute atomic E-state index is 0.137. The molecule has 1 aliphatic heterocycles. The molecule has 120 valence electrons. The van der Waals surface area contributed by atoms with E-state index in [1.807, 2.05) is 6.07 Å². The van der Waals surface area contributed by atoms with E-state index in [0.717, 1.165) is 49.8 Å². The van der Waals surface area contributed by atoms with Crippen LogP contribution in [-0.4, -0.2) is 31.6 Å². The van der Waals surface area contributed by atoms with Crippen LogP contribution >= 0.6 is 15.9 Å². The smallest absolute Gasteiger partial charge is 0.223 e. The normalized spacial score (nSPS) is 28.1. The van der Waals surface area contributed by atoms with Crippen molar-refractivity contribution in [3.63, 3.8) is 0 Å². The van der Waals surface area contributed by atoms with Crippen LogP contribution in [0.25, 0.3) is 0 Å². The largest absolute Gasteiger partial charge is 0.371 e. The van der Waals surface area contributed by atoms with E-state index in [4.69, 9.17) is 5.73 Å². The van der Waals surface area contributed by atoms with Gasteiger partial charge in [0.05, 0.1) is 0 Å². The Morgan fingerprint density at radius 1 is 1.36 bits per heavy atom. The molecule has 3 unspecified atom stereocenters. The molecule has 1 saturated carbocycles. The van der Waals surface area contributed by atoms with Crippen LogP contribution in [0.1, 0.15) is 25.7 Å². The maximum absolute atomic E-state index is 12.2. The van der Waals surface area contributed by atoms with Crippen molar-refractivity contribution in [2.24, 2.45) is 17.6 Å². The van der Waals surface area contributed by atoms with Gasteiger partial charge in [-0.15, -0.1) is 0 Å². The van der Waals surface area contributed by atoms with E-state index in [1.165, 1.54) is 5.69 Å². The van der Waals surface area contributed by atoms with E-state index in [2.05, 4.69) is 44.3 Å². The summed E-state index contributed by atoms with van der Waals surface area (Å²) < 4.78 is 1.11. The first-order valence-corrected chi connectivity index (χ1v) is 8.95. The molecule has 2 fully saturated rings. The molecule has 1 heterocycles. The summed E-state index contributed by atoms with van der Waals surface area (Å²) in [5.41, 5.74) is 7.14. The summed E-state index contributed by atoms with van der Waals surface area (Å²) in [6, 6.07) is 8.63. The van der Waals surface area contributed by atoms with Gasteiger partial charge in [-0.05, 0) is 49.8 Å². The lowest BCUT2D eigenvalue weighted by molar-refractivity contribution is -0.125. The number of carbonyl (C=O) groups is 1. The van der Waals surface area contributed by atoms with Gasteiger partial charge in [0.15, 0.2) is 0 Å². The topological polar surface area (TPSA) is 58.4 Å². The fraction of sp³-hybridized carbons (Fsp3) is 0.588. The monoisotopic (exact) mass is 365 g/mol. The highest BCUT2D eigenvalue weighted by atomic mass is 79.9. The maximum atomic E-state index is 12.2. The van der Waals surface area contributed by atoms with Crippen LogP contribution in [0.3, 0.4) is 0 Å². The molecule has 1 amide bonds. The van der Waals surface area contributed by atoms with Crippen molar-refractivity contribution in [2.45, 2.75) is 31.7 Å². The molecule has 3 N–H and O–H groups in total. The second-order valence-corrected chi connectivity index (χ2v) is 7.51. The van der Waals surface area contributed by atoms with Gasteiger partial charge in [0, 0.05) is 41.8 Å². The first kappa shape index (κ1) is 15.8. The fourth-order valence-electron chi connectivity index (χ4n) is 3.55. The van der Waals surface area contributed by atoms with E-state index in [0.29, 0.717) is 5.92 Å². The third kappa shape index (κ3) is 3.82. The number of nitrogens with one attached hydrogen (secondary N) is 1. The minimum atomic E-state index is 0.137. The van der Waals surface area contributed by atoms with Crippen LogP contribution in [0.4, 0.5) is 5.69 Å². The summed E-state index contributed by atoms with van der Waals surface area (Å²) in [5, 5.41) is 3.14. The molecular formula is C17H24BrN3O. The number of hydrogen-bond donors (Lipinski definition) is 2. The summed E-state index contributed by atoms with van der Waals surface area (Å²) in [7, 11) is 0. The number of anilines is 1. The van der Waals surface area contributed by atoms with Crippen LogP contribution in [0.15, 0.2) is 28.7 Å². The van der Waals surface area contributed by atoms with Crippen molar-refractivity contribution in [3.05, 3.63) is 28.7 Å². The van der Waals surface area contributed by atoms with Gasteiger partial charge >= 0.3 is 0 Å². The molecule has 1 aliphatic carbocycles. The molecule has 22 heavy (non-hydrogen) atoms. The van der Waals surface area contributed by atoms with Gasteiger partial charge in [-0.3, -0.25) is 4.79 Å². The second kappa shape index (κ2) is 7.01. The molecule has 0 radical (unpaired) electrons. The third-order valence-corrected chi connectivity index (χ3v) is 5.36. The van der Waals surface area contributed by atoms with Gasteiger partial charge < -0.3 is 16.0 Å². The molecule has 3 atom stereocenters. The van der Waals surface area contributed by atoms with Gasteiger partial charge in [-0.25, -0.2) is 0 Å². The molecule has 3 rings (SSSR count). The number of amides is 1. The Morgan fingerprint density at radius 3 is 2.95 bits per heavy atom. The number of nitrogens with two attached hydrogens (primary N) is 1. The Hall–Kier alpha value is -1.07. The Labute approximate surface area is 140 Å². The molecule has 0 aromatic heterocycles. The predicted octanol–water partition coefficient (Wildman–Crippen LogP) is 2.52. The van der Waals surface area contributed by atoms with Crippen molar-refractivity contribution >= 4 is 27.5 Å². The lowest BCUT2D eigenvalue weighted by Crippen LogP contribution is -2.35. The highest BCUT2D eigenvalue weighted by molar-refractivity contribution is 9.10. The minimum Gasteiger partial charge on any atom is -0.371 e. The molecule has 0 spiro atoms. The number of benzene rings is 1. The maximum Gasteiger partial charge on any atom is 0.223 e. The summed E-state index contributed by atoms with van der Waals surface area (Å²) >= 11 is 3.52. The zero-order chi connectivity index (χ0) is 15.5. The number of carbonyl (C=O) groups excluding carboxylic acids is 1. The first-order chi connectivity index (χ1) is 10.6. The van der Waals surface area contributed by atoms with Gasteiger partial charge in [0.25, 0.3) is 0 Å². The summed E-state index contributed by atoms with van der Waals surface area (Å²) in [5.74, 6) is 0.879. The van der Waals surface area contributed by atoms with E-state index in [1.54, 1.807) is 0 Å². The van der Waals surface area contributed by atoms with Crippen molar-refractivity contribution in [1.82, 2.24) is 5.32 Å². The molecule has 4 nitrogen and oxygen atoms in total. The molecule has 1 saturated heterocycles. The number of nitrogens with zero attached hydrogens (tertiary/aromatic N) is 1. The molecule has 2 aliphatic rings. The first-order valence-electron chi connectivity index (χ1n) is 8.15. The lowest BCUT2D eigenvalue weighted by atomic mass is 10.1. The van der Waals surface area contributed by atoms with Crippen LogP contribution in [0.2, 0.25) is 0 Å². The van der Waals surface area contributed by atoms with Crippen LogP contribution in [-0.2, 0) is 4.79 Å². The van der Waals surface area contributed by atoms with Gasteiger partial charge in [0.1, 0.15) is 0 Å². The Kier molecular flexibility index (Phi) is 5.03. The average molecular weight is 366 g/mol. The zero-order valence-corrected chi connectivity index (χ0v) is 14.4. The van der Waals surface area contributed by atoms with Gasteiger partial charge in [-0.2, -0.15) is 0 Å². The molecule has 1 aromatic rings. The summed E-state index contributed by atoms with van der Waals surface area (Å²) in [6.45, 7) is 2.86. The van der Waals surface area contributed by atoms with Crippen molar-refractivity contribution < 1.29 is 4.79 Å². The molecule has 0 bridgehead atoms. The van der Waals surface area contributed by atoms with Crippen LogP contribution in [0, 0.1) is 11.8 Å². The van der Waals surface area contributed by atoms with Gasteiger partial charge in [0.2, 0.25) is 5.91 Å². The number of hydrogen-bond acceptors (Lipinski definition) is 3. The van der Waals surface area contributed by atoms with Crippen LogP contribution in [0.5, 0.6) is 0 Å². The zero-order valence-electron chi connectivity index (χ0n) is 12.8. The third-order valence-electron chi connectivity index (χ3n) is 4.87. The van der Waals surface area contributed by atoms with Crippen LogP contribution < -0.4 is 16.0 Å². The van der Waals surface area contributed by atoms with Gasteiger partial charge in [-0.1, -0.05) is 22.0 Å². The lowest BCUT2D eigenvalue weighted by Gasteiger charge is -2.19. The van der Waals surface area contributed by atoms with Crippen molar-refractivity contribution in [1.29, 1.82) is 0 Å². The Morgan fingerprint density at radius 2 is 2.23 bits per heavy atom. The fourth-order valence-corrected chi connectivity index (χ4v) is 3.94. The Balaban J connectivity index is 1.46. The quantitative estimate of drug-likeness (QED) is 0.861. The van der Waals surface area contributed by atoms with E-state index >= 15 is 0 Å². The highest BCUT2D eigenvalue weighted by Crippen LogP contribution is 2.27. The van der Waals surface area contributed by atoms with E-state index in [9.17, 15) is 4.79 Å². The van der Waals surface area contributed by atoms with Crippen molar-refractivity contribution in [3.8, 4) is 0 Å². The predicted molar refractivity (Wildman–Crippen MR) is 92.8 cm³/mol. The molecule has 5 heteroatoms. The Bertz CT molecular complexity index is 536. The molecular weight excluding hydrogens is 342 g/mol. The number of rotatable bonds is 4. The summed E-state index contributed by atoms with van der Waals surface area (Å²) in [6.07, 6.45) is 3.91. The van der Waals surface area contributed by atoms with E-state index in [-0.39, 0.29) is 17.9 Å². The van der Waals surface area contributed by atoms with Crippen molar-refractivity contribution in [2.75, 3.05) is 24.5 Å². The standard InChI is InChI=1S/C17H24BrN3O/c18-14-2-1-3-16(9-14)21-7-6-12(11-21)10-20-17(22)13-4-5-15(19)8-13/h1-3,9,12-13,15H,4-8,10-11,19H2,(H,20,22). The second-order valence-electron chi connectivity index (χ2n) is 6.60.